The molecule has 2 rings (SSSR count). The Morgan fingerprint density at radius 1 is 1.10 bits per heavy atom. The predicted molar refractivity (Wildman–Crippen MR) is 80.0 cm³/mol. The third kappa shape index (κ3) is 3.82. The maximum absolute atomic E-state index is 12.0. The summed E-state index contributed by atoms with van der Waals surface area (Å²) in [6.07, 6.45) is 0. The van der Waals surface area contributed by atoms with E-state index in [9.17, 15) is 14.7 Å². The van der Waals surface area contributed by atoms with Crippen molar-refractivity contribution < 1.29 is 14.7 Å². The largest absolute Gasteiger partial charge is 0.481 e. The molecule has 0 fully saturated rings. The number of nitrogens with one attached hydrogen (secondary N) is 1. The molecule has 0 aliphatic heterocycles. The molecule has 1 unspecified atom stereocenters. The smallest absolute Gasteiger partial charge is 0.312 e. The second-order valence-electron chi connectivity index (χ2n) is 4.64. The minimum absolute atomic E-state index is 0.0208. The Morgan fingerprint density at radius 3 is 2.43 bits per heavy atom. The van der Waals surface area contributed by atoms with Gasteiger partial charge in [-0.3, -0.25) is 9.59 Å². The predicted octanol–water partition coefficient (Wildman–Crippen LogP) is 1.87. The van der Waals surface area contributed by atoms with Gasteiger partial charge in [0.25, 0.3) is 5.91 Å². The van der Waals surface area contributed by atoms with E-state index in [1.165, 1.54) is 0 Å². The second-order valence-corrected chi connectivity index (χ2v) is 4.64. The number of anilines is 1. The van der Waals surface area contributed by atoms with Crippen molar-refractivity contribution in [3.63, 3.8) is 0 Å². The summed E-state index contributed by atoms with van der Waals surface area (Å²) in [6.45, 7) is 0.0208. The van der Waals surface area contributed by atoms with Crippen LogP contribution in [-0.2, 0) is 4.79 Å². The number of carbonyl (C=O) groups is 2. The third-order valence-corrected chi connectivity index (χ3v) is 3.12. The van der Waals surface area contributed by atoms with Crippen LogP contribution in [0.4, 0.5) is 5.69 Å². The number of benzene rings is 2. The number of hydrogen-bond donors (Lipinski definition) is 3. The van der Waals surface area contributed by atoms with Gasteiger partial charge in [0, 0.05) is 17.8 Å². The van der Waals surface area contributed by atoms with Crippen molar-refractivity contribution in [3.8, 4) is 0 Å². The SMILES string of the molecule is Nc1cccc(C(=O)NCC(C(=O)O)c2ccccc2)c1. The van der Waals surface area contributed by atoms with Crippen LogP contribution < -0.4 is 11.1 Å². The number of nitrogens with two attached hydrogens (primary N) is 1. The van der Waals surface area contributed by atoms with E-state index in [2.05, 4.69) is 5.32 Å². The van der Waals surface area contributed by atoms with E-state index in [1.54, 1.807) is 48.5 Å². The summed E-state index contributed by atoms with van der Waals surface area (Å²) in [6, 6.07) is 15.3. The quantitative estimate of drug-likeness (QED) is 0.731. The molecular weight excluding hydrogens is 268 g/mol. The summed E-state index contributed by atoms with van der Waals surface area (Å²) < 4.78 is 0. The number of hydrogen-bond acceptors (Lipinski definition) is 3. The van der Waals surface area contributed by atoms with Gasteiger partial charge < -0.3 is 16.2 Å². The zero-order valence-electron chi connectivity index (χ0n) is 11.3. The van der Waals surface area contributed by atoms with Crippen molar-refractivity contribution in [2.45, 2.75) is 5.92 Å². The Bertz CT molecular complexity index is 641. The normalized spacial score (nSPS) is 11.6. The van der Waals surface area contributed by atoms with Crippen molar-refractivity contribution >= 4 is 17.6 Å². The first-order chi connectivity index (χ1) is 10.1. The molecule has 1 atom stereocenters. The summed E-state index contributed by atoms with van der Waals surface area (Å²) >= 11 is 0. The van der Waals surface area contributed by atoms with Crippen LogP contribution in [0.3, 0.4) is 0 Å². The summed E-state index contributed by atoms with van der Waals surface area (Å²) in [4.78, 5) is 23.3. The maximum atomic E-state index is 12.0. The van der Waals surface area contributed by atoms with E-state index >= 15 is 0 Å². The molecule has 0 aromatic heterocycles. The van der Waals surface area contributed by atoms with E-state index in [4.69, 9.17) is 5.73 Å². The summed E-state index contributed by atoms with van der Waals surface area (Å²) in [5.41, 5.74) is 7.16. The molecule has 0 aliphatic carbocycles. The van der Waals surface area contributed by atoms with Gasteiger partial charge in [0.15, 0.2) is 0 Å². The monoisotopic (exact) mass is 284 g/mol. The van der Waals surface area contributed by atoms with Crippen LogP contribution >= 0.6 is 0 Å². The first-order valence-corrected chi connectivity index (χ1v) is 6.49. The van der Waals surface area contributed by atoms with Crippen molar-refractivity contribution in [1.29, 1.82) is 0 Å². The molecule has 4 N–H and O–H groups in total. The Morgan fingerprint density at radius 2 is 1.81 bits per heavy atom. The minimum atomic E-state index is -0.978. The van der Waals surface area contributed by atoms with Crippen LogP contribution in [-0.4, -0.2) is 23.5 Å². The number of carboxylic acids is 1. The molecule has 2 aromatic carbocycles. The number of aliphatic carboxylic acids is 1. The summed E-state index contributed by atoms with van der Waals surface area (Å²) in [5, 5.41) is 11.9. The third-order valence-electron chi connectivity index (χ3n) is 3.12. The van der Waals surface area contributed by atoms with Gasteiger partial charge >= 0.3 is 5.97 Å². The molecule has 0 saturated carbocycles. The first-order valence-electron chi connectivity index (χ1n) is 6.49. The standard InChI is InChI=1S/C16H16N2O3/c17-13-8-4-7-12(9-13)15(19)18-10-14(16(20)21)11-5-2-1-3-6-11/h1-9,14H,10,17H2,(H,18,19)(H,20,21). The molecule has 0 bridgehead atoms. The highest BCUT2D eigenvalue weighted by Gasteiger charge is 2.20. The van der Waals surface area contributed by atoms with Gasteiger partial charge in [-0.15, -0.1) is 0 Å². The van der Waals surface area contributed by atoms with Gasteiger partial charge in [-0.1, -0.05) is 36.4 Å². The lowest BCUT2D eigenvalue weighted by Gasteiger charge is -2.14. The first kappa shape index (κ1) is 14.6. The average molecular weight is 284 g/mol. The Balaban J connectivity index is 2.06. The lowest BCUT2D eigenvalue weighted by atomic mass is 9.99. The molecule has 0 spiro atoms. The molecule has 0 heterocycles. The van der Waals surface area contributed by atoms with E-state index < -0.39 is 11.9 Å². The highest BCUT2D eigenvalue weighted by atomic mass is 16.4. The van der Waals surface area contributed by atoms with Crippen LogP contribution in [0, 0.1) is 0 Å². The van der Waals surface area contributed by atoms with Gasteiger partial charge in [0.2, 0.25) is 0 Å². The van der Waals surface area contributed by atoms with Crippen LogP contribution in [0.1, 0.15) is 21.8 Å². The number of amides is 1. The van der Waals surface area contributed by atoms with Crippen molar-refractivity contribution in [1.82, 2.24) is 5.32 Å². The Hall–Kier alpha value is -2.82. The molecule has 0 aliphatic rings. The van der Waals surface area contributed by atoms with Gasteiger partial charge in [-0.25, -0.2) is 0 Å². The van der Waals surface area contributed by atoms with E-state index in [1.807, 2.05) is 6.07 Å². The number of rotatable bonds is 5. The maximum Gasteiger partial charge on any atom is 0.312 e. The fourth-order valence-electron chi connectivity index (χ4n) is 2.01. The highest BCUT2D eigenvalue weighted by molar-refractivity contribution is 5.95. The molecule has 2 aromatic rings. The topological polar surface area (TPSA) is 92.4 Å². The van der Waals surface area contributed by atoms with Crippen LogP contribution in [0.2, 0.25) is 0 Å². The molecule has 0 radical (unpaired) electrons. The van der Waals surface area contributed by atoms with Crippen LogP contribution in [0.25, 0.3) is 0 Å². The fraction of sp³-hybridized carbons (Fsp3) is 0.125. The van der Waals surface area contributed by atoms with Gasteiger partial charge in [0.05, 0.1) is 5.92 Å². The molecule has 0 saturated heterocycles. The van der Waals surface area contributed by atoms with Crippen molar-refractivity contribution in [2.75, 3.05) is 12.3 Å². The second kappa shape index (κ2) is 6.56. The van der Waals surface area contributed by atoms with Crippen LogP contribution in [0.15, 0.2) is 54.6 Å². The zero-order valence-corrected chi connectivity index (χ0v) is 11.3. The van der Waals surface area contributed by atoms with Gasteiger partial charge in [-0.05, 0) is 23.8 Å². The van der Waals surface area contributed by atoms with Crippen molar-refractivity contribution in [2.24, 2.45) is 0 Å². The fourth-order valence-corrected chi connectivity index (χ4v) is 2.01. The summed E-state index contributed by atoms with van der Waals surface area (Å²) in [7, 11) is 0. The van der Waals surface area contributed by atoms with Crippen molar-refractivity contribution in [3.05, 3.63) is 65.7 Å². The molecule has 1 amide bonds. The van der Waals surface area contributed by atoms with E-state index in [-0.39, 0.29) is 12.5 Å². The molecule has 5 nitrogen and oxygen atoms in total. The lowest BCUT2D eigenvalue weighted by molar-refractivity contribution is -0.138. The zero-order chi connectivity index (χ0) is 15.2. The average Bonchev–Trinajstić information content (AvgIpc) is 2.48. The van der Waals surface area contributed by atoms with Gasteiger partial charge in [0.1, 0.15) is 0 Å². The van der Waals surface area contributed by atoms with E-state index in [0.29, 0.717) is 16.8 Å². The number of carbonyl (C=O) groups excluding carboxylic acids is 1. The highest BCUT2D eigenvalue weighted by Crippen LogP contribution is 2.15. The molecule has 5 heteroatoms. The minimum Gasteiger partial charge on any atom is -0.481 e. The Kier molecular flexibility index (Phi) is 4.56. The Labute approximate surface area is 122 Å². The van der Waals surface area contributed by atoms with Crippen LogP contribution in [0.5, 0.6) is 0 Å². The molecule has 108 valence electrons. The number of carboxylic acid groups (broad SMARTS) is 1. The number of nitrogen functional groups attached to an aromatic ring is 1. The summed E-state index contributed by atoms with van der Waals surface area (Å²) in [5.74, 6) is -2.10. The lowest BCUT2D eigenvalue weighted by Crippen LogP contribution is -2.31. The van der Waals surface area contributed by atoms with Gasteiger partial charge in [-0.2, -0.15) is 0 Å². The molecular formula is C16H16N2O3. The molecule has 21 heavy (non-hydrogen) atoms. The van der Waals surface area contributed by atoms with E-state index in [0.717, 1.165) is 0 Å².